The molecular weight excluding hydrogens is 367 g/mol. The molecule has 2 aliphatic rings. The Morgan fingerprint density at radius 2 is 1.83 bits per heavy atom. The van der Waals surface area contributed by atoms with E-state index in [9.17, 15) is 9.18 Å². The molecule has 1 aliphatic heterocycles. The van der Waals surface area contributed by atoms with Crippen LogP contribution in [0, 0.1) is 5.82 Å². The fraction of sp³-hybridized carbons (Fsp3) is 0.478. The monoisotopic (exact) mass is 396 g/mol. The van der Waals surface area contributed by atoms with E-state index in [-0.39, 0.29) is 23.9 Å². The summed E-state index contributed by atoms with van der Waals surface area (Å²) >= 11 is 0. The summed E-state index contributed by atoms with van der Waals surface area (Å²) in [6.45, 7) is 3.36. The lowest BCUT2D eigenvalue weighted by Gasteiger charge is -2.34. The molecule has 5 nitrogen and oxygen atoms in total. The van der Waals surface area contributed by atoms with E-state index >= 15 is 0 Å². The van der Waals surface area contributed by atoms with Crippen molar-refractivity contribution in [2.75, 3.05) is 19.6 Å². The van der Waals surface area contributed by atoms with E-state index in [1.807, 2.05) is 23.4 Å². The van der Waals surface area contributed by atoms with E-state index in [1.165, 1.54) is 11.6 Å². The van der Waals surface area contributed by atoms with E-state index in [1.54, 1.807) is 12.1 Å². The van der Waals surface area contributed by atoms with Crippen LogP contribution in [-0.4, -0.2) is 52.5 Å². The number of hydrogen-bond acceptors (Lipinski definition) is 3. The van der Waals surface area contributed by atoms with Crippen molar-refractivity contribution in [1.82, 2.24) is 20.1 Å². The molecule has 0 bridgehead atoms. The van der Waals surface area contributed by atoms with Crippen LogP contribution in [0.5, 0.6) is 0 Å². The molecule has 0 radical (unpaired) electrons. The first kappa shape index (κ1) is 19.8. The third-order valence-corrected chi connectivity index (χ3v) is 5.93. The highest BCUT2D eigenvalue weighted by molar-refractivity contribution is 5.75. The maximum absolute atomic E-state index is 14.0. The Balaban J connectivity index is 1.24. The molecule has 1 saturated carbocycles. The predicted octanol–water partition coefficient (Wildman–Crippen LogP) is 3.60. The van der Waals surface area contributed by atoms with E-state index in [0.29, 0.717) is 12.1 Å². The van der Waals surface area contributed by atoms with Gasteiger partial charge in [0.1, 0.15) is 5.82 Å². The Kier molecular flexibility index (Phi) is 6.39. The molecule has 1 aromatic carbocycles. The number of nitrogens with zero attached hydrogens (tertiary/aromatic N) is 3. The average molecular weight is 397 g/mol. The number of carbonyl (C=O) groups excluding carboxylic acids is 1. The van der Waals surface area contributed by atoms with Gasteiger partial charge in [0.05, 0.1) is 6.54 Å². The summed E-state index contributed by atoms with van der Waals surface area (Å²) in [5, 5.41) is 3.20. The number of rotatable bonds is 7. The van der Waals surface area contributed by atoms with Gasteiger partial charge in [0.25, 0.3) is 0 Å². The van der Waals surface area contributed by atoms with Crippen LogP contribution in [0.2, 0.25) is 0 Å². The standard InChI is InChI=1S/C23H29FN4O/c24-22-4-2-1-3-19(22)17-28(21-5-6-21)23(29)26-20-10-15-27(16-11-20)14-9-18-7-12-25-13-8-18/h1-4,7-8,12-13,20-21H,5-6,9-11,14-17H2,(H,26,29). The Labute approximate surface area is 171 Å². The lowest BCUT2D eigenvalue weighted by atomic mass is 10.0. The molecule has 29 heavy (non-hydrogen) atoms. The number of benzene rings is 1. The summed E-state index contributed by atoms with van der Waals surface area (Å²) < 4.78 is 14.0. The van der Waals surface area contributed by atoms with Gasteiger partial charge in [-0.05, 0) is 55.9 Å². The first-order valence-electron chi connectivity index (χ1n) is 10.6. The molecule has 2 heterocycles. The number of nitrogens with one attached hydrogen (secondary N) is 1. The zero-order valence-corrected chi connectivity index (χ0v) is 16.8. The molecule has 0 spiro atoms. The summed E-state index contributed by atoms with van der Waals surface area (Å²) in [4.78, 5) is 21.2. The van der Waals surface area contributed by atoms with Crippen LogP contribution in [0.25, 0.3) is 0 Å². The number of urea groups is 1. The number of amides is 2. The van der Waals surface area contributed by atoms with Crippen molar-refractivity contribution in [3.8, 4) is 0 Å². The molecule has 4 rings (SSSR count). The molecule has 6 heteroatoms. The molecule has 0 atom stereocenters. The second kappa shape index (κ2) is 9.35. The SMILES string of the molecule is O=C(NC1CCN(CCc2ccncc2)CC1)N(Cc1ccccc1F)C1CC1. The first-order chi connectivity index (χ1) is 14.2. The summed E-state index contributed by atoms with van der Waals surface area (Å²) in [5.74, 6) is -0.242. The maximum atomic E-state index is 14.0. The number of hydrogen-bond donors (Lipinski definition) is 1. The third kappa shape index (κ3) is 5.54. The minimum Gasteiger partial charge on any atom is -0.335 e. The fourth-order valence-electron chi connectivity index (χ4n) is 3.96. The van der Waals surface area contributed by atoms with Gasteiger partial charge in [-0.15, -0.1) is 0 Å². The number of likely N-dealkylation sites (tertiary alicyclic amines) is 1. The van der Waals surface area contributed by atoms with E-state index in [4.69, 9.17) is 0 Å². The van der Waals surface area contributed by atoms with Gasteiger partial charge in [-0.3, -0.25) is 4.98 Å². The van der Waals surface area contributed by atoms with E-state index in [0.717, 1.165) is 51.7 Å². The Morgan fingerprint density at radius 3 is 2.52 bits per heavy atom. The fourth-order valence-corrected chi connectivity index (χ4v) is 3.96. The molecule has 2 fully saturated rings. The van der Waals surface area contributed by atoms with Crippen molar-refractivity contribution >= 4 is 6.03 Å². The van der Waals surface area contributed by atoms with Crippen LogP contribution >= 0.6 is 0 Å². The van der Waals surface area contributed by atoms with Gasteiger partial charge in [0, 0.05) is 49.7 Å². The first-order valence-corrected chi connectivity index (χ1v) is 10.6. The molecule has 1 aromatic heterocycles. The topological polar surface area (TPSA) is 48.5 Å². The highest BCUT2D eigenvalue weighted by Crippen LogP contribution is 2.29. The van der Waals surface area contributed by atoms with Gasteiger partial charge in [-0.25, -0.2) is 9.18 Å². The minimum atomic E-state index is -0.242. The summed E-state index contributed by atoms with van der Waals surface area (Å²) in [7, 11) is 0. The Bertz CT molecular complexity index is 804. The van der Waals surface area contributed by atoms with Crippen LogP contribution < -0.4 is 5.32 Å². The van der Waals surface area contributed by atoms with Gasteiger partial charge < -0.3 is 15.1 Å². The van der Waals surface area contributed by atoms with E-state index < -0.39 is 0 Å². The van der Waals surface area contributed by atoms with Crippen LogP contribution in [0.1, 0.15) is 36.8 Å². The molecule has 1 saturated heterocycles. The number of piperidine rings is 1. The summed E-state index contributed by atoms with van der Waals surface area (Å²) in [6.07, 6.45) is 8.64. The number of aromatic nitrogens is 1. The van der Waals surface area contributed by atoms with Crippen LogP contribution in [-0.2, 0) is 13.0 Å². The molecule has 1 aliphatic carbocycles. The lowest BCUT2D eigenvalue weighted by molar-refractivity contribution is 0.168. The minimum absolute atomic E-state index is 0.0500. The van der Waals surface area contributed by atoms with Gasteiger partial charge in [-0.1, -0.05) is 18.2 Å². The number of pyridine rings is 1. The van der Waals surface area contributed by atoms with Crippen LogP contribution in [0.4, 0.5) is 9.18 Å². The van der Waals surface area contributed by atoms with Crippen molar-refractivity contribution < 1.29 is 9.18 Å². The average Bonchev–Trinajstić information content (AvgIpc) is 3.58. The van der Waals surface area contributed by atoms with Gasteiger partial charge in [0.2, 0.25) is 0 Å². The Morgan fingerprint density at radius 1 is 1.10 bits per heavy atom. The van der Waals surface area contributed by atoms with Crippen molar-refractivity contribution in [2.45, 2.75) is 50.7 Å². The number of carbonyl (C=O) groups is 1. The zero-order chi connectivity index (χ0) is 20.1. The molecule has 0 unspecified atom stereocenters. The zero-order valence-electron chi connectivity index (χ0n) is 16.8. The van der Waals surface area contributed by atoms with Crippen molar-refractivity contribution in [3.63, 3.8) is 0 Å². The predicted molar refractivity (Wildman–Crippen MR) is 111 cm³/mol. The second-order valence-corrected chi connectivity index (χ2v) is 8.12. The van der Waals surface area contributed by atoms with Gasteiger partial charge in [-0.2, -0.15) is 0 Å². The second-order valence-electron chi connectivity index (χ2n) is 8.12. The third-order valence-electron chi connectivity index (χ3n) is 5.93. The lowest BCUT2D eigenvalue weighted by Crippen LogP contribution is -2.49. The highest BCUT2D eigenvalue weighted by atomic mass is 19.1. The molecule has 2 amide bonds. The highest BCUT2D eigenvalue weighted by Gasteiger charge is 2.34. The van der Waals surface area contributed by atoms with Crippen molar-refractivity contribution in [3.05, 3.63) is 65.7 Å². The quantitative estimate of drug-likeness (QED) is 0.778. The smallest absolute Gasteiger partial charge is 0.318 e. The molecular formula is C23H29FN4O. The Hall–Kier alpha value is -2.47. The molecule has 1 N–H and O–H groups in total. The summed E-state index contributed by atoms with van der Waals surface area (Å²) in [6, 6.07) is 11.2. The van der Waals surface area contributed by atoms with E-state index in [2.05, 4.69) is 27.3 Å². The molecule has 154 valence electrons. The normalized spacial score (nSPS) is 17.8. The number of halogens is 1. The van der Waals surface area contributed by atoms with Crippen LogP contribution in [0.3, 0.4) is 0 Å². The maximum Gasteiger partial charge on any atom is 0.318 e. The largest absolute Gasteiger partial charge is 0.335 e. The van der Waals surface area contributed by atoms with Crippen molar-refractivity contribution in [1.29, 1.82) is 0 Å². The molecule has 2 aromatic rings. The van der Waals surface area contributed by atoms with Gasteiger partial charge in [0.15, 0.2) is 0 Å². The summed E-state index contributed by atoms with van der Waals surface area (Å²) in [5.41, 5.74) is 1.89. The van der Waals surface area contributed by atoms with Crippen molar-refractivity contribution in [2.24, 2.45) is 0 Å². The van der Waals surface area contributed by atoms with Gasteiger partial charge >= 0.3 is 6.03 Å². The van der Waals surface area contributed by atoms with Crippen LogP contribution in [0.15, 0.2) is 48.8 Å².